The van der Waals surface area contributed by atoms with Gasteiger partial charge in [-0.25, -0.2) is 4.79 Å². The Bertz CT molecular complexity index is 1260. The summed E-state index contributed by atoms with van der Waals surface area (Å²) in [5.74, 6) is -0.414. The maximum Gasteiger partial charge on any atom is 0.331 e. The Hall–Kier alpha value is -3.68. The second kappa shape index (κ2) is 10.8. The molecule has 0 aliphatic carbocycles. The van der Waals surface area contributed by atoms with Crippen molar-refractivity contribution in [3.8, 4) is 0 Å². The van der Waals surface area contributed by atoms with E-state index in [9.17, 15) is 19.2 Å². The van der Waals surface area contributed by atoms with Crippen LogP contribution in [0.2, 0.25) is 0 Å². The second-order valence-corrected chi connectivity index (χ2v) is 8.44. The van der Waals surface area contributed by atoms with E-state index in [-0.39, 0.29) is 30.9 Å². The lowest BCUT2D eigenvalue weighted by atomic mass is 10.2. The fourth-order valence-corrected chi connectivity index (χ4v) is 3.65. The van der Waals surface area contributed by atoms with E-state index < -0.39 is 11.2 Å². The van der Waals surface area contributed by atoms with Gasteiger partial charge in [0.15, 0.2) is 0 Å². The molecule has 0 saturated carbocycles. The van der Waals surface area contributed by atoms with Gasteiger partial charge in [-0.15, -0.1) is 0 Å². The average molecular weight is 451 g/mol. The number of hydrogen-bond donors (Lipinski definition) is 2. The number of nitrogens with zero attached hydrogens (tertiary/aromatic N) is 2. The van der Waals surface area contributed by atoms with Gasteiger partial charge in [-0.2, -0.15) is 0 Å². The zero-order valence-electron chi connectivity index (χ0n) is 19.3. The number of amides is 2. The van der Waals surface area contributed by atoms with Crippen molar-refractivity contribution in [2.75, 3.05) is 5.32 Å². The Morgan fingerprint density at radius 1 is 0.909 bits per heavy atom. The van der Waals surface area contributed by atoms with Gasteiger partial charge in [0, 0.05) is 24.7 Å². The molecule has 0 spiro atoms. The molecule has 3 rings (SSSR count). The predicted molar refractivity (Wildman–Crippen MR) is 129 cm³/mol. The highest BCUT2D eigenvalue weighted by atomic mass is 16.2. The van der Waals surface area contributed by atoms with Crippen LogP contribution < -0.4 is 21.9 Å². The molecular weight excluding hydrogens is 420 g/mol. The fourth-order valence-electron chi connectivity index (χ4n) is 3.65. The van der Waals surface area contributed by atoms with Crippen molar-refractivity contribution in [2.24, 2.45) is 0 Å². The van der Waals surface area contributed by atoms with E-state index in [1.54, 1.807) is 36.4 Å². The van der Waals surface area contributed by atoms with E-state index in [0.717, 1.165) is 10.1 Å². The Balaban J connectivity index is 1.81. The lowest BCUT2D eigenvalue weighted by Crippen LogP contribution is -2.41. The number of fused-ring (bicyclic) bond motifs is 1. The summed E-state index contributed by atoms with van der Waals surface area (Å²) in [7, 11) is 0. The van der Waals surface area contributed by atoms with E-state index in [1.807, 2.05) is 32.9 Å². The Labute approximate surface area is 192 Å². The van der Waals surface area contributed by atoms with Gasteiger partial charge in [-0.1, -0.05) is 29.8 Å². The molecule has 0 saturated heterocycles. The molecule has 1 aromatic heterocycles. The summed E-state index contributed by atoms with van der Waals surface area (Å²) in [6.45, 7) is 5.70. The van der Waals surface area contributed by atoms with Crippen LogP contribution in [-0.2, 0) is 22.7 Å². The van der Waals surface area contributed by atoms with Crippen molar-refractivity contribution in [3.05, 3.63) is 74.9 Å². The summed E-state index contributed by atoms with van der Waals surface area (Å²) >= 11 is 0. The van der Waals surface area contributed by atoms with Gasteiger partial charge in [0.05, 0.1) is 10.9 Å². The molecule has 2 amide bonds. The second-order valence-electron chi connectivity index (χ2n) is 8.44. The smallest absolute Gasteiger partial charge is 0.331 e. The first-order valence-corrected chi connectivity index (χ1v) is 11.1. The number of para-hydroxylation sites is 1. The summed E-state index contributed by atoms with van der Waals surface area (Å²) in [6.07, 6.45) is 1.37. The summed E-state index contributed by atoms with van der Waals surface area (Å²) < 4.78 is 2.48. The number of aromatic nitrogens is 2. The monoisotopic (exact) mass is 450 g/mol. The van der Waals surface area contributed by atoms with Crippen LogP contribution >= 0.6 is 0 Å². The summed E-state index contributed by atoms with van der Waals surface area (Å²) in [5.41, 5.74) is 1.20. The van der Waals surface area contributed by atoms with Crippen LogP contribution in [0.5, 0.6) is 0 Å². The highest BCUT2D eigenvalue weighted by Gasteiger charge is 2.15. The molecule has 8 heteroatoms. The number of unbranched alkanes of at least 4 members (excludes halogenated alkanes) is 1. The molecule has 0 aliphatic heterocycles. The van der Waals surface area contributed by atoms with E-state index in [4.69, 9.17) is 0 Å². The van der Waals surface area contributed by atoms with E-state index in [0.29, 0.717) is 35.9 Å². The third kappa shape index (κ3) is 6.19. The SMILES string of the molecule is Cc1ccc(NC(=O)Cn2c(=O)n(CCCCC(=O)NC(C)C)c(=O)c3ccccc32)cc1. The lowest BCUT2D eigenvalue weighted by Gasteiger charge is -2.14. The molecule has 0 unspecified atom stereocenters. The van der Waals surface area contributed by atoms with Crippen LogP contribution in [0.4, 0.5) is 5.69 Å². The zero-order valence-corrected chi connectivity index (χ0v) is 19.3. The predicted octanol–water partition coefficient (Wildman–Crippen LogP) is 2.81. The van der Waals surface area contributed by atoms with Crippen molar-refractivity contribution in [2.45, 2.75) is 59.2 Å². The fraction of sp³-hybridized carbons (Fsp3) is 0.360. The number of hydrogen-bond acceptors (Lipinski definition) is 4. The number of aryl methyl sites for hydroxylation is 1. The van der Waals surface area contributed by atoms with Gasteiger partial charge in [0.2, 0.25) is 11.8 Å². The van der Waals surface area contributed by atoms with E-state index in [2.05, 4.69) is 10.6 Å². The highest BCUT2D eigenvalue weighted by Crippen LogP contribution is 2.11. The largest absolute Gasteiger partial charge is 0.354 e. The molecule has 0 aliphatic rings. The van der Waals surface area contributed by atoms with Gasteiger partial charge < -0.3 is 10.6 Å². The number of benzene rings is 2. The van der Waals surface area contributed by atoms with Crippen LogP contribution in [-0.4, -0.2) is 27.0 Å². The van der Waals surface area contributed by atoms with Crippen molar-refractivity contribution in [3.63, 3.8) is 0 Å². The molecule has 3 aromatic rings. The molecule has 2 N–H and O–H groups in total. The summed E-state index contributed by atoms with van der Waals surface area (Å²) in [6, 6.07) is 14.2. The Kier molecular flexibility index (Phi) is 7.82. The Morgan fingerprint density at radius 3 is 2.30 bits per heavy atom. The van der Waals surface area contributed by atoms with Gasteiger partial charge >= 0.3 is 5.69 Å². The van der Waals surface area contributed by atoms with Crippen LogP contribution in [0.1, 0.15) is 38.7 Å². The highest BCUT2D eigenvalue weighted by molar-refractivity contribution is 5.91. The van der Waals surface area contributed by atoms with Crippen LogP contribution in [0, 0.1) is 6.92 Å². The first kappa shape index (κ1) is 24.0. The first-order valence-electron chi connectivity index (χ1n) is 11.1. The number of anilines is 1. The van der Waals surface area contributed by atoms with Crippen LogP contribution in [0.3, 0.4) is 0 Å². The number of nitrogens with one attached hydrogen (secondary N) is 2. The van der Waals surface area contributed by atoms with Gasteiger partial charge in [0.25, 0.3) is 5.56 Å². The quantitative estimate of drug-likeness (QED) is 0.490. The maximum atomic E-state index is 13.2. The molecule has 33 heavy (non-hydrogen) atoms. The normalized spacial score (nSPS) is 11.0. The molecule has 174 valence electrons. The van der Waals surface area contributed by atoms with Gasteiger partial charge in [-0.05, 0) is 57.9 Å². The summed E-state index contributed by atoms with van der Waals surface area (Å²) in [5, 5.41) is 5.99. The van der Waals surface area contributed by atoms with Crippen molar-refractivity contribution < 1.29 is 9.59 Å². The molecule has 1 heterocycles. The maximum absolute atomic E-state index is 13.2. The number of carbonyl (C=O) groups excluding carboxylic acids is 2. The van der Waals surface area contributed by atoms with E-state index >= 15 is 0 Å². The molecule has 0 fully saturated rings. The van der Waals surface area contributed by atoms with Gasteiger partial charge in [0.1, 0.15) is 6.54 Å². The van der Waals surface area contributed by atoms with E-state index in [1.165, 1.54) is 4.57 Å². The number of rotatable bonds is 9. The zero-order chi connectivity index (χ0) is 24.0. The third-order valence-corrected chi connectivity index (χ3v) is 5.25. The van der Waals surface area contributed by atoms with Crippen molar-refractivity contribution in [1.29, 1.82) is 0 Å². The topological polar surface area (TPSA) is 102 Å². The lowest BCUT2D eigenvalue weighted by molar-refractivity contribution is -0.121. The van der Waals surface area contributed by atoms with Crippen LogP contribution in [0.15, 0.2) is 58.1 Å². The van der Waals surface area contributed by atoms with Crippen LogP contribution in [0.25, 0.3) is 10.9 Å². The minimum absolute atomic E-state index is 0.0546. The van der Waals surface area contributed by atoms with Crippen molar-refractivity contribution >= 4 is 28.4 Å². The third-order valence-electron chi connectivity index (χ3n) is 5.25. The minimum Gasteiger partial charge on any atom is -0.354 e. The number of carbonyl (C=O) groups is 2. The van der Waals surface area contributed by atoms with Gasteiger partial charge in [-0.3, -0.25) is 23.5 Å². The molecule has 0 atom stereocenters. The minimum atomic E-state index is -0.538. The first-order chi connectivity index (χ1) is 15.8. The molecule has 8 nitrogen and oxygen atoms in total. The molecule has 0 radical (unpaired) electrons. The Morgan fingerprint density at radius 2 is 1.61 bits per heavy atom. The molecule has 0 bridgehead atoms. The standard InChI is InChI=1S/C25H30N4O4/c1-17(2)26-22(30)10-6-7-15-28-24(32)20-8-4-5-9-21(20)29(25(28)33)16-23(31)27-19-13-11-18(3)12-14-19/h4-5,8-9,11-14,17H,6-7,10,15-16H2,1-3H3,(H,26,30)(H,27,31). The summed E-state index contributed by atoms with van der Waals surface area (Å²) in [4.78, 5) is 50.6. The van der Waals surface area contributed by atoms with Crippen molar-refractivity contribution in [1.82, 2.24) is 14.5 Å². The molecular formula is C25H30N4O4. The average Bonchev–Trinajstić information content (AvgIpc) is 2.77. The molecule has 2 aromatic carbocycles.